The lowest BCUT2D eigenvalue weighted by atomic mass is 10.0. The van der Waals surface area contributed by atoms with Crippen LogP contribution in [0.5, 0.6) is 0 Å². The molecule has 124 valence electrons. The highest BCUT2D eigenvalue weighted by molar-refractivity contribution is 7.98. The van der Waals surface area contributed by atoms with Crippen molar-refractivity contribution in [2.75, 3.05) is 12.8 Å². The monoisotopic (exact) mass is 334 g/mol. The van der Waals surface area contributed by atoms with Crippen LogP contribution in [0.25, 0.3) is 11.5 Å². The zero-order chi connectivity index (χ0) is 16.6. The number of rotatable bonds is 4. The van der Waals surface area contributed by atoms with Crippen LogP contribution in [-0.4, -0.2) is 48.2 Å². The van der Waals surface area contributed by atoms with Gasteiger partial charge in [0.2, 0.25) is 5.91 Å². The molecule has 7 nitrogen and oxygen atoms in total. The minimum atomic E-state index is 0.187. The van der Waals surface area contributed by atoms with Gasteiger partial charge in [0.05, 0.1) is 0 Å². The second-order valence-corrected chi connectivity index (χ2v) is 6.34. The second-order valence-electron chi connectivity index (χ2n) is 5.57. The molecule has 0 saturated heterocycles. The molecule has 0 bridgehead atoms. The first-order valence-corrected chi connectivity index (χ1v) is 9.13. The minimum Gasteiger partial charge on any atom is -0.338 e. The summed E-state index contributed by atoms with van der Waals surface area (Å²) in [6, 6.07) is 0. The number of fused-ring (bicyclic) bond motifs is 1. The largest absolute Gasteiger partial charge is 0.338 e. The molecule has 1 amide bonds. The molecule has 0 fully saturated rings. The van der Waals surface area contributed by atoms with Crippen molar-refractivity contribution in [2.24, 2.45) is 7.05 Å². The van der Waals surface area contributed by atoms with E-state index in [1.807, 2.05) is 29.8 Å². The summed E-state index contributed by atoms with van der Waals surface area (Å²) in [6.07, 6.45) is 3.36. The highest BCUT2D eigenvalue weighted by Crippen LogP contribution is 2.30. The molecule has 8 heteroatoms. The third kappa shape index (κ3) is 2.65. The molecule has 23 heavy (non-hydrogen) atoms. The van der Waals surface area contributed by atoms with Crippen molar-refractivity contribution in [1.29, 1.82) is 0 Å². The topological polar surface area (TPSA) is 68.8 Å². The Hall–Kier alpha value is -1.83. The first kappa shape index (κ1) is 16.0. The molecule has 2 aromatic heterocycles. The first-order chi connectivity index (χ1) is 11.1. The molecule has 3 heterocycles. The number of thioether (sulfide) groups is 1. The second kappa shape index (κ2) is 6.35. The molecule has 0 saturated carbocycles. The van der Waals surface area contributed by atoms with E-state index < -0.39 is 0 Å². The third-order valence-electron chi connectivity index (χ3n) is 4.32. The Balaban J connectivity index is 2.06. The number of aromatic nitrogens is 5. The van der Waals surface area contributed by atoms with Crippen LogP contribution in [0.15, 0.2) is 5.16 Å². The maximum Gasteiger partial charge on any atom is 0.222 e. The van der Waals surface area contributed by atoms with E-state index in [1.165, 1.54) is 5.69 Å². The van der Waals surface area contributed by atoms with E-state index in [9.17, 15) is 4.79 Å². The fourth-order valence-electron chi connectivity index (χ4n) is 3.11. The molecule has 1 aliphatic rings. The Morgan fingerprint density at radius 1 is 1.30 bits per heavy atom. The molecule has 2 aromatic rings. The van der Waals surface area contributed by atoms with Crippen LogP contribution in [-0.2, 0) is 31.4 Å². The average molecular weight is 334 g/mol. The number of hydrogen-bond acceptors (Lipinski definition) is 5. The molecule has 3 rings (SSSR count). The van der Waals surface area contributed by atoms with Gasteiger partial charge in [-0.15, -0.1) is 10.2 Å². The number of hydrogen-bond donors (Lipinski definition) is 0. The van der Waals surface area contributed by atoms with Crippen molar-refractivity contribution in [1.82, 2.24) is 29.4 Å². The number of aryl methyl sites for hydroxylation is 1. The standard InChI is InChI=1S/C15H22N6OS/c1-5-12(22)20-8-7-11-10(9-20)13(18-19(11)3)14-16-17-15(23-4)21(14)6-2/h5-9H2,1-4H3. The molecule has 0 atom stereocenters. The van der Waals surface area contributed by atoms with Gasteiger partial charge in [0.15, 0.2) is 11.0 Å². The first-order valence-electron chi connectivity index (χ1n) is 7.90. The van der Waals surface area contributed by atoms with Crippen LogP contribution >= 0.6 is 11.8 Å². The lowest BCUT2D eigenvalue weighted by Gasteiger charge is -2.27. The quantitative estimate of drug-likeness (QED) is 0.796. The fraction of sp³-hybridized carbons (Fsp3) is 0.600. The molecule has 1 aliphatic heterocycles. The van der Waals surface area contributed by atoms with Crippen LogP contribution in [0.3, 0.4) is 0 Å². The fourth-order valence-corrected chi connectivity index (χ4v) is 3.67. The zero-order valence-corrected chi connectivity index (χ0v) is 14.9. The predicted octanol–water partition coefficient (Wildman–Crippen LogP) is 1.72. The van der Waals surface area contributed by atoms with Gasteiger partial charge < -0.3 is 9.47 Å². The van der Waals surface area contributed by atoms with Crippen LogP contribution < -0.4 is 0 Å². The van der Waals surface area contributed by atoms with Crippen LogP contribution in [0, 0.1) is 0 Å². The Kier molecular flexibility index (Phi) is 4.43. The SMILES string of the molecule is CCC(=O)N1CCc2c(c(-c3nnc(SC)n3CC)nn2C)C1. The van der Waals surface area contributed by atoms with Gasteiger partial charge >= 0.3 is 0 Å². The summed E-state index contributed by atoms with van der Waals surface area (Å²) in [4.78, 5) is 14.0. The van der Waals surface area contributed by atoms with Crippen molar-refractivity contribution in [3.63, 3.8) is 0 Å². The number of nitrogens with zero attached hydrogens (tertiary/aromatic N) is 6. The van der Waals surface area contributed by atoms with Gasteiger partial charge in [-0.1, -0.05) is 18.7 Å². The van der Waals surface area contributed by atoms with Crippen LogP contribution in [0.1, 0.15) is 31.5 Å². The summed E-state index contributed by atoms with van der Waals surface area (Å²) in [5.74, 6) is 0.978. The summed E-state index contributed by atoms with van der Waals surface area (Å²) in [7, 11) is 1.96. The van der Waals surface area contributed by atoms with Gasteiger partial charge in [0.25, 0.3) is 0 Å². The van der Waals surface area contributed by atoms with Gasteiger partial charge in [-0.3, -0.25) is 9.48 Å². The van der Waals surface area contributed by atoms with Crippen molar-refractivity contribution < 1.29 is 4.79 Å². The maximum absolute atomic E-state index is 12.1. The molecule has 0 radical (unpaired) electrons. The highest BCUT2D eigenvalue weighted by Gasteiger charge is 2.29. The van der Waals surface area contributed by atoms with E-state index in [1.54, 1.807) is 11.8 Å². The summed E-state index contributed by atoms with van der Waals surface area (Å²) in [6.45, 7) is 6.14. The Morgan fingerprint density at radius 3 is 2.74 bits per heavy atom. The lowest BCUT2D eigenvalue weighted by molar-refractivity contribution is -0.131. The summed E-state index contributed by atoms with van der Waals surface area (Å²) in [5, 5.41) is 14.2. The van der Waals surface area contributed by atoms with Gasteiger partial charge in [-0.05, 0) is 13.2 Å². The van der Waals surface area contributed by atoms with E-state index in [0.717, 1.165) is 41.7 Å². The van der Waals surface area contributed by atoms with Crippen molar-refractivity contribution in [3.8, 4) is 11.5 Å². The molecule has 0 unspecified atom stereocenters. The minimum absolute atomic E-state index is 0.187. The lowest BCUT2D eigenvalue weighted by Crippen LogP contribution is -2.35. The highest BCUT2D eigenvalue weighted by atomic mass is 32.2. The smallest absolute Gasteiger partial charge is 0.222 e. The van der Waals surface area contributed by atoms with Crippen LogP contribution in [0.4, 0.5) is 0 Å². The van der Waals surface area contributed by atoms with E-state index in [0.29, 0.717) is 13.0 Å². The zero-order valence-electron chi connectivity index (χ0n) is 14.0. The normalized spacial score (nSPS) is 14.2. The van der Waals surface area contributed by atoms with Gasteiger partial charge in [-0.25, -0.2) is 0 Å². The third-order valence-corrected chi connectivity index (χ3v) is 4.99. The van der Waals surface area contributed by atoms with E-state index in [2.05, 4.69) is 26.8 Å². The van der Waals surface area contributed by atoms with Crippen molar-refractivity contribution >= 4 is 17.7 Å². The van der Waals surface area contributed by atoms with E-state index in [4.69, 9.17) is 0 Å². The molecule has 0 N–H and O–H groups in total. The molecular weight excluding hydrogens is 312 g/mol. The Morgan fingerprint density at radius 2 is 2.09 bits per heavy atom. The molecule has 0 aromatic carbocycles. The predicted molar refractivity (Wildman–Crippen MR) is 89.1 cm³/mol. The van der Waals surface area contributed by atoms with E-state index >= 15 is 0 Å². The maximum atomic E-state index is 12.1. The Bertz CT molecular complexity index is 735. The number of carbonyl (C=O) groups excluding carboxylic acids is 1. The van der Waals surface area contributed by atoms with E-state index in [-0.39, 0.29) is 5.91 Å². The molecular formula is C15H22N6OS. The van der Waals surface area contributed by atoms with Crippen LogP contribution in [0.2, 0.25) is 0 Å². The van der Waals surface area contributed by atoms with Gasteiger partial charge in [-0.2, -0.15) is 5.10 Å². The summed E-state index contributed by atoms with van der Waals surface area (Å²) in [5.41, 5.74) is 3.15. The number of amides is 1. The summed E-state index contributed by atoms with van der Waals surface area (Å²) >= 11 is 1.58. The van der Waals surface area contributed by atoms with Crippen molar-refractivity contribution in [2.45, 2.75) is 44.9 Å². The molecule has 0 spiro atoms. The molecule has 0 aliphatic carbocycles. The number of carbonyl (C=O) groups is 1. The summed E-state index contributed by atoms with van der Waals surface area (Å²) < 4.78 is 4.00. The van der Waals surface area contributed by atoms with Crippen molar-refractivity contribution in [3.05, 3.63) is 11.3 Å². The average Bonchev–Trinajstić information content (AvgIpc) is 3.14. The van der Waals surface area contributed by atoms with Gasteiger partial charge in [0, 0.05) is 50.8 Å². The van der Waals surface area contributed by atoms with Gasteiger partial charge in [0.1, 0.15) is 5.69 Å². The Labute approximate surface area is 140 Å².